The van der Waals surface area contributed by atoms with Crippen LogP contribution in [-0.2, 0) is 11.3 Å². The largest absolute Gasteiger partial charge is 0.384 e. The summed E-state index contributed by atoms with van der Waals surface area (Å²) in [6, 6.07) is 4.12. The first-order valence-corrected chi connectivity index (χ1v) is 6.39. The smallest absolute Gasteiger partial charge is 0.0544 e. The van der Waals surface area contributed by atoms with Crippen molar-refractivity contribution in [2.75, 3.05) is 26.8 Å². The van der Waals surface area contributed by atoms with E-state index in [2.05, 4.69) is 31.9 Å². The Bertz CT molecular complexity index is 328. The molecule has 2 rings (SSSR count). The zero-order valence-electron chi connectivity index (χ0n) is 9.53. The molecule has 1 fully saturated rings. The number of halogens is 1. The minimum Gasteiger partial charge on any atom is -0.384 e. The van der Waals surface area contributed by atoms with Gasteiger partial charge in [-0.1, -0.05) is 0 Å². The molecule has 3 nitrogen and oxygen atoms in total. The second-order valence-electron chi connectivity index (χ2n) is 4.31. The van der Waals surface area contributed by atoms with Crippen molar-refractivity contribution in [2.45, 2.75) is 13.0 Å². The number of pyridine rings is 1. The van der Waals surface area contributed by atoms with Crippen molar-refractivity contribution in [2.24, 2.45) is 5.92 Å². The molecule has 0 amide bonds. The molecule has 88 valence electrons. The van der Waals surface area contributed by atoms with Gasteiger partial charge in [0.25, 0.3) is 0 Å². The van der Waals surface area contributed by atoms with Crippen LogP contribution < -0.4 is 0 Å². The third-order valence-electron chi connectivity index (χ3n) is 2.95. The third kappa shape index (κ3) is 3.27. The minimum absolute atomic E-state index is 0.695. The van der Waals surface area contributed by atoms with Crippen LogP contribution in [0.15, 0.2) is 22.8 Å². The highest BCUT2D eigenvalue weighted by Crippen LogP contribution is 2.18. The number of methoxy groups -OCH3 is 1. The van der Waals surface area contributed by atoms with E-state index in [0.717, 1.165) is 36.4 Å². The molecule has 0 aliphatic carbocycles. The van der Waals surface area contributed by atoms with E-state index in [1.54, 1.807) is 7.11 Å². The van der Waals surface area contributed by atoms with E-state index in [1.807, 2.05) is 12.3 Å². The maximum absolute atomic E-state index is 5.19. The maximum Gasteiger partial charge on any atom is 0.0544 e. The number of aromatic nitrogens is 1. The molecule has 2 heterocycles. The molecule has 0 radical (unpaired) electrons. The molecule has 1 aliphatic heterocycles. The Morgan fingerprint density at radius 2 is 2.44 bits per heavy atom. The van der Waals surface area contributed by atoms with Crippen LogP contribution in [0.2, 0.25) is 0 Å². The van der Waals surface area contributed by atoms with Gasteiger partial charge in [0.15, 0.2) is 0 Å². The van der Waals surface area contributed by atoms with Gasteiger partial charge < -0.3 is 4.74 Å². The second-order valence-corrected chi connectivity index (χ2v) is 5.23. The predicted octanol–water partition coefficient (Wildman–Crippen LogP) is 2.31. The Hall–Kier alpha value is -0.450. The molecule has 4 heteroatoms. The van der Waals surface area contributed by atoms with E-state index in [4.69, 9.17) is 4.74 Å². The van der Waals surface area contributed by atoms with Gasteiger partial charge in [0.1, 0.15) is 0 Å². The molecule has 0 spiro atoms. The van der Waals surface area contributed by atoms with Gasteiger partial charge in [0.05, 0.1) is 12.3 Å². The van der Waals surface area contributed by atoms with Crippen molar-refractivity contribution < 1.29 is 4.74 Å². The van der Waals surface area contributed by atoms with E-state index in [0.29, 0.717) is 5.92 Å². The van der Waals surface area contributed by atoms with Gasteiger partial charge in [0, 0.05) is 30.9 Å². The van der Waals surface area contributed by atoms with Crippen molar-refractivity contribution in [3.8, 4) is 0 Å². The normalized spacial score (nSPS) is 21.5. The van der Waals surface area contributed by atoms with Crippen molar-refractivity contribution in [1.29, 1.82) is 0 Å². The number of likely N-dealkylation sites (tertiary alicyclic amines) is 1. The summed E-state index contributed by atoms with van der Waals surface area (Å²) in [6.07, 6.45) is 3.10. The molecule has 1 aliphatic rings. The van der Waals surface area contributed by atoms with E-state index in [1.165, 1.54) is 6.42 Å². The summed E-state index contributed by atoms with van der Waals surface area (Å²) in [4.78, 5) is 6.84. The lowest BCUT2D eigenvalue weighted by atomic mass is 10.1. The molecular formula is C12H17BrN2O. The highest BCUT2D eigenvalue weighted by atomic mass is 79.9. The first-order chi connectivity index (χ1) is 7.78. The topological polar surface area (TPSA) is 25.4 Å². The highest BCUT2D eigenvalue weighted by molar-refractivity contribution is 9.10. The van der Waals surface area contributed by atoms with Gasteiger partial charge in [-0.05, 0) is 46.9 Å². The van der Waals surface area contributed by atoms with Gasteiger partial charge >= 0.3 is 0 Å². The monoisotopic (exact) mass is 284 g/mol. The summed E-state index contributed by atoms with van der Waals surface area (Å²) >= 11 is 3.40. The van der Waals surface area contributed by atoms with Gasteiger partial charge in [-0.25, -0.2) is 0 Å². The first kappa shape index (κ1) is 12.0. The Balaban J connectivity index is 1.84. The standard InChI is InChI=1S/C12H17BrN2O/c1-16-9-10-4-5-15(7-10)8-12-3-2-11(13)6-14-12/h2-3,6,10H,4-5,7-9H2,1H3. The zero-order valence-corrected chi connectivity index (χ0v) is 11.1. The van der Waals surface area contributed by atoms with Crippen LogP contribution >= 0.6 is 15.9 Å². The highest BCUT2D eigenvalue weighted by Gasteiger charge is 2.22. The number of nitrogens with zero attached hydrogens (tertiary/aromatic N) is 2. The van der Waals surface area contributed by atoms with Crippen molar-refractivity contribution in [3.05, 3.63) is 28.5 Å². The number of hydrogen-bond acceptors (Lipinski definition) is 3. The molecule has 0 N–H and O–H groups in total. The molecule has 1 aromatic heterocycles. The number of rotatable bonds is 4. The molecule has 1 aromatic rings. The van der Waals surface area contributed by atoms with Gasteiger partial charge in [-0.15, -0.1) is 0 Å². The molecule has 1 unspecified atom stereocenters. The number of hydrogen-bond donors (Lipinski definition) is 0. The lowest BCUT2D eigenvalue weighted by Gasteiger charge is -2.15. The van der Waals surface area contributed by atoms with Crippen LogP contribution in [0.4, 0.5) is 0 Å². The molecule has 1 saturated heterocycles. The lowest BCUT2D eigenvalue weighted by Crippen LogP contribution is -2.21. The molecule has 0 bridgehead atoms. The average molecular weight is 285 g/mol. The minimum atomic E-state index is 0.695. The van der Waals surface area contributed by atoms with E-state index in [9.17, 15) is 0 Å². The summed E-state index contributed by atoms with van der Waals surface area (Å²) < 4.78 is 6.23. The van der Waals surface area contributed by atoms with E-state index >= 15 is 0 Å². The fraction of sp³-hybridized carbons (Fsp3) is 0.583. The second kappa shape index (κ2) is 5.75. The molecule has 0 aromatic carbocycles. The summed E-state index contributed by atoms with van der Waals surface area (Å²) in [6.45, 7) is 4.12. The van der Waals surface area contributed by atoms with Crippen LogP contribution in [-0.4, -0.2) is 36.7 Å². The first-order valence-electron chi connectivity index (χ1n) is 5.59. The predicted molar refractivity (Wildman–Crippen MR) is 67.2 cm³/mol. The number of ether oxygens (including phenoxy) is 1. The Labute approximate surface area is 105 Å². The van der Waals surface area contributed by atoms with Crippen LogP contribution in [0.3, 0.4) is 0 Å². The fourth-order valence-corrected chi connectivity index (χ4v) is 2.39. The SMILES string of the molecule is COCC1CCN(Cc2ccc(Br)cn2)C1. The van der Waals surface area contributed by atoms with E-state index in [-0.39, 0.29) is 0 Å². The average Bonchev–Trinajstić information content (AvgIpc) is 2.70. The summed E-state index contributed by atoms with van der Waals surface area (Å²) in [5.74, 6) is 0.695. The van der Waals surface area contributed by atoms with Crippen LogP contribution in [0.25, 0.3) is 0 Å². The third-order valence-corrected chi connectivity index (χ3v) is 3.42. The van der Waals surface area contributed by atoms with E-state index < -0.39 is 0 Å². The summed E-state index contributed by atoms with van der Waals surface area (Å²) in [7, 11) is 1.78. The van der Waals surface area contributed by atoms with Crippen molar-refractivity contribution in [1.82, 2.24) is 9.88 Å². The lowest BCUT2D eigenvalue weighted by molar-refractivity contribution is 0.152. The van der Waals surface area contributed by atoms with Gasteiger partial charge in [-0.2, -0.15) is 0 Å². The van der Waals surface area contributed by atoms with Crippen LogP contribution in [0, 0.1) is 5.92 Å². The fourth-order valence-electron chi connectivity index (χ4n) is 2.16. The molecule has 1 atom stereocenters. The Kier molecular flexibility index (Phi) is 4.32. The Morgan fingerprint density at radius 3 is 3.12 bits per heavy atom. The summed E-state index contributed by atoms with van der Waals surface area (Å²) in [5.41, 5.74) is 1.14. The van der Waals surface area contributed by atoms with Gasteiger partial charge in [0.2, 0.25) is 0 Å². The van der Waals surface area contributed by atoms with Crippen molar-refractivity contribution in [3.63, 3.8) is 0 Å². The van der Waals surface area contributed by atoms with Gasteiger partial charge in [-0.3, -0.25) is 9.88 Å². The van der Waals surface area contributed by atoms with Crippen LogP contribution in [0.1, 0.15) is 12.1 Å². The Morgan fingerprint density at radius 1 is 1.56 bits per heavy atom. The molecule has 0 saturated carbocycles. The summed E-state index contributed by atoms with van der Waals surface area (Å²) in [5, 5.41) is 0. The molecular weight excluding hydrogens is 268 g/mol. The molecule has 16 heavy (non-hydrogen) atoms. The quantitative estimate of drug-likeness (QED) is 0.849. The van der Waals surface area contributed by atoms with Crippen molar-refractivity contribution >= 4 is 15.9 Å². The maximum atomic E-state index is 5.19. The van der Waals surface area contributed by atoms with Crippen LogP contribution in [0.5, 0.6) is 0 Å². The zero-order chi connectivity index (χ0) is 11.4.